The molecule has 1 N–H and O–H groups in total. The summed E-state index contributed by atoms with van der Waals surface area (Å²) in [6.45, 7) is 1.08. The Balaban J connectivity index is 1.34. The van der Waals surface area contributed by atoms with Crippen molar-refractivity contribution in [2.45, 2.75) is 32.1 Å². The van der Waals surface area contributed by atoms with Crippen LogP contribution in [0.3, 0.4) is 0 Å². The maximum absolute atomic E-state index is 12.5. The first-order valence-electron chi connectivity index (χ1n) is 9.44. The number of nitrogens with one attached hydrogen (secondary N) is 1. The van der Waals surface area contributed by atoms with Gasteiger partial charge in [-0.3, -0.25) is 9.59 Å². The van der Waals surface area contributed by atoms with E-state index >= 15 is 0 Å². The molecule has 2 aliphatic rings. The van der Waals surface area contributed by atoms with Gasteiger partial charge in [0.05, 0.1) is 5.92 Å². The third-order valence-electron chi connectivity index (χ3n) is 5.45. The van der Waals surface area contributed by atoms with Gasteiger partial charge in [0, 0.05) is 25.2 Å². The van der Waals surface area contributed by atoms with E-state index in [4.69, 9.17) is 0 Å². The number of rotatable bonds is 5. The van der Waals surface area contributed by atoms with Crippen molar-refractivity contribution >= 4 is 17.5 Å². The normalized spacial score (nSPS) is 18.8. The van der Waals surface area contributed by atoms with Crippen LogP contribution in [-0.2, 0) is 28.9 Å². The number of carbonyl (C=O) groups excluding carboxylic acids is 2. The van der Waals surface area contributed by atoms with E-state index in [9.17, 15) is 9.59 Å². The zero-order valence-electron chi connectivity index (χ0n) is 14.9. The van der Waals surface area contributed by atoms with Crippen molar-refractivity contribution in [3.63, 3.8) is 0 Å². The quantitative estimate of drug-likeness (QED) is 0.903. The molecule has 1 fully saturated rings. The van der Waals surface area contributed by atoms with Crippen LogP contribution in [0.5, 0.6) is 0 Å². The number of benzene rings is 2. The van der Waals surface area contributed by atoms with Crippen LogP contribution in [0, 0.1) is 5.92 Å². The summed E-state index contributed by atoms with van der Waals surface area (Å²) < 4.78 is 0. The SMILES string of the molecule is O=C(NCCc1ccccc1)C1CC(=O)N(c2ccc3c(c2)CCC3)C1. The summed E-state index contributed by atoms with van der Waals surface area (Å²) in [5.74, 6) is -0.226. The molecule has 1 aliphatic carbocycles. The Morgan fingerprint density at radius 2 is 1.88 bits per heavy atom. The van der Waals surface area contributed by atoms with Gasteiger partial charge >= 0.3 is 0 Å². The molecular weight excluding hydrogens is 324 g/mol. The molecule has 26 heavy (non-hydrogen) atoms. The van der Waals surface area contributed by atoms with Crippen LogP contribution < -0.4 is 10.2 Å². The van der Waals surface area contributed by atoms with Crippen molar-refractivity contribution in [3.05, 3.63) is 65.2 Å². The van der Waals surface area contributed by atoms with E-state index in [2.05, 4.69) is 29.6 Å². The van der Waals surface area contributed by atoms with Gasteiger partial charge in [-0.25, -0.2) is 0 Å². The smallest absolute Gasteiger partial charge is 0.227 e. The van der Waals surface area contributed by atoms with Gasteiger partial charge in [-0.05, 0) is 54.5 Å². The van der Waals surface area contributed by atoms with E-state index < -0.39 is 0 Å². The highest BCUT2D eigenvalue weighted by Crippen LogP contribution is 2.30. The minimum atomic E-state index is -0.258. The second kappa shape index (κ2) is 7.32. The molecule has 0 saturated carbocycles. The van der Waals surface area contributed by atoms with Crippen LogP contribution >= 0.6 is 0 Å². The molecule has 1 aliphatic heterocycles. The van der Waals surface area contributed by atoms with Crippen LogP contribution in [0.2, 0.25) is 0 Å². The van der Waals surface area contributed by atoms with Crippen molar-refractivity contribution in [3.8, 4) is 0 Å². The Hall–Kier alpha value is -2.62. The highest BCUT2D eigenvalue weighted by molar-refractivity contribution is 6.00. The summed E-state index contributed by atoms with van der Waals surface area (Å²) in [4.78, 5) is 26.7. The first kappa shape index (κ1) is 16.8. The largest absolute Gasteiger partial charge is 0.355 e. The third-order valence-corrected chi connectivity index (χ3v) is 5.45. The van der Waals surface area contributed by atoms with Crippen LogP contribution in [-0.4, -0.2) is 24.9 Å². The molecule has 1 heterocycles. The number of hydrogen-bond donors (Lipinski definition) is 1. The fourth-order valence-electron chi connectivity index (χ4n) is 3.98. The third kappa shape index (κ3) is 3.50. The van der Waals surface area contributed by atoms with Gasteiger partial charge in [-0.2, -0.15) is 0 Å². The summed E-state index contributed by atoms with van der Waals surface area (Å²) >= 11 is 0. The molecule has 2 amide bonds. The number of carbonyl (C=O) groups is 2. The zero-order chi connectivity index (χ0) is 17.9. The molecule has 134 valence electrons. The molecule has 1 saturated heterocycles. The Bertz CT molecular complexity index is 816. The van der Waals surface area contributed by atoms with Gasteiger partial charge in [0.25, 0.3) is 0 Å². The molecule has 2 aromatic carbocycles. The highest BCUT2D eigenvalue weighted by atomic mass is 16.2. The molecule has 4 rings (SSSR count). The number of anilines is 1. The molecule has 4 heteroatoms. The molecule has 0 radical (unpaired) electrons. The van der Waals surface area contributed by atoms with Crippen LogP contribution in [0.25, 0.3) is 0 Å². The van der Waals surface area contributed by atoms with Gasteiger partial charge in [0.15, 0.2) is 0 Å². The standard InChI is InChI=1S/C22H24N2O2/c25-21-14-19(22(26)23-12-11-16-5-2-1-3-6-16)15-24(21)20-10-9-17-7-4-8-18(17)13-20/h1-3,5-6,9-10,13,19H,4,7-8,11-12,14-15H2,(H,23,26). The number of amides is 2. The van der Waals surface area contributed by atoms with E-state index in [-0.39, 0.29) is 17.7 Å². The number of aryl methyl sites for hydroxylation is 2. The van der Waals surface area contributed by atoms with Gasteiger partial charge in [0.1, 0.15) is 0 Å². The molecule has 1 atom stereocenters. The van der Waals surface area contributed by atoms with Crippen molar-refractivity contribution in [1.29, 1.82) is 0 Å². The average Bonchev–Trinajstić information content (AvgIpc) is 3.28. The van der Waals surface area contributed by atoms with E-state index in [0.29, 0.717) is 19.5 Å². The number of nitrogens with zero attached hydrogens (tertiary/aromatic N) is 1. The second-order valence-corrected chi connectivity index (χ2v) is 7.24. The van der Waals surface area contributed by atoms with Crippen molar-refractivity contribution < 1.29 is 9.59 Å². The predicted octanol–water partition coefficient (Wildman–Crippen LogP) is 2.89. The minimum Gasteiger partial charge on any atom is -0.355 e. The summed E-state index contributed by atoms with van der Waals surface area (Å²) in [7, 11) is 0. The molecule has 2 aromatic rings. The fourth-order valence-corrected chi connectivity index (χ4v) is 3.98. The van der Waals surface area contributed by atoms with E-state index in [1.807, 2.05) is 24.3 Å². The highest BCUT2D eigenvalue weighted by Gasteiger charge is 2.35. The first-order chi connectivity index (χ1) is 12.7. The lowest BCUT2D eigenvalue weighted by Gasteiger charge is -2.18. The Morgan fingerprint density at radius 3 is 2.73 bits per heavy atom. The molecule has 1 unspecified atom stereocenters. The Labute approximate surface area is 154 Å². The second-order valence-electron chi connectivity index (χ2n) is 7.24. The van der Waals surface area contributed by atoms with Crippen molar-refractivity contribution in [2.75, 3.05) is 18.0 Å². The van der Waals surface area contributed by atoms with Gasteiger partial charge in [-0.15, -0.1) is 0 Å². The van der Waals surface area contributed by atoms with Gasteiger partial charge in [0.2, 0.25) is 11.8 Å². The van der Waals surface area contributed by atoms with Crippen LogP contribution in [0.1, 0.15) is 29.5 Å². The van der Waals surface area contributed by atoms with Crippen LogP contribution in [0.15, 0.2) is 48.5 Å². The monoisotopic (exact) mass is 348 g/mol. The molecule has 0 bridgehead atoms. The maximum Gasteiger partial charge on any atom is 0.227 e. The topological polar surface area (TPSA) is 49.4 Å². The summed E-state index contributed by atoms with van der Waals surface area (Å²) in [6, 6.07) is 16.4. The van der Waals surface area contributed by atoms with Gasteiger partial charge in [-0.1, -0.05) is 36.4 Å². The minimum absolute atomic E-state index is 0.0158. The predicted molar refractivity (Wildman–Crippen MR) is 102 cm³/mol. The van der Waals surface area contributed by atoms with E-state index in [1.54, 1.807) is 4.90 Å². The first-order valence-corrected chi connectivity index (χ1v) is 9.44. The van der Waals surface area contributed by atoms with Gasteiger partial charge < -0.3 is 10.2 Å². The fraction of sp³-hybridized carbons (Fsp3) is 0.364. The van der Waals surface area contributed by atoms with Crippen molar-refractivity contribution in [2.24, 2.45) is 5.92 Å². The number of hydrogen-bond acceptors (Lipinski definition) is 2. The van der Waals surface area contributed by atoms with E-state index in [0.717, 1.165) is 24.9 Å². The van der Waals surface area contributed by atoms with Crippen molar-refractivity contribution in [1.82, 2.24) is 5.32 Å². The summed E-state index contributed by atoms with van der Waals surface area (Å²) in [5.41, 5.74) is 4.90. The maximum atomic E-state index is 12.5. The molecule has 0 spiro atoms. The summed E-state index contributed by atoms with van der Waals surface area (Å²) in [6.07, 6.45) is 4.53. The number of fused-ring (bicyclic) bond motifs is 1. The zero-order valence-corrected chi connectivity index (χ0v) is 14.9. The molecular formula is C22H24N2O2. The molecule has 4 nitrogen and oxygen atoms in total. The Kier molecular flexibility index (Phi) is 4.74. The lowest BCUT2D eigenvalue weighted by atomic mass is 10.1. The van der Waals surface area contributed by atoms with Crippen LogP contribution in [0.4, 0.5) is 5.69 Å². The lowest BCUT2D eigenvalue weighted by molar-refractivity contribution is -0.126. The summed E-state index contributed by atoms with van der Waals surface area (Å²) in [5, 5.41) is 2.99. The van der Waals surface area contributed by atoms with E-state index in [1.165, 1.54) is 23.1 Å². The average molecular weight is 348 g/mol. The molecule has 0 aromatic heterocycles. The lowest BCUT2D eigenvalue weighted by Crippen LogP contribution is -2.34. The Morgan fingerprint density at radius 1 is 1.08 bits per heavy atom.